The van der Waals surface area contributed by atoms with Crippen molar-refractivity contribution in [3.63, 3.8) is 0 Å². The molecular weight excluding hydrogens is 166 g/mol. The van der Waals surface area contributed by atoms with Gasteiger partial charge in [-0.1, -0.05) is 30.3 Å². The maximum absolute atomic E-state index is 4.65. The van der Waals surface area contributed by atoms with E-state index < -0.39 is 0 Å². The van der Waals surface area contributed by atoms with Crippen molar-refractivity contribution >= 4 is 12.4 Å². The predicted octanol–water partition coefficient (Wildman–Crippen LogP) is 1.43. The summed E-state index contributed by atoms with van der Waals surface area (Å²) in [6.45, 7) is 0.386. The summed E-state index contributed by atoms with van der Waals surface area (Å²) >= 11 is 0. The number of rotatable bonds is 3. The Bertz CT molecular complexity index is 181. The van der Waals surface area contributed by atoms with Gasteiger partial charge in [-0.25, -0.2) is 4.89 Å². The zero-order chi connectivity index (χ0) is 7.23. The third-order valence-corrected chi connectivity index (χ3v) is 1.14. The fourth-order valence-electron chi connectivity index (χ4n) is 0.676. The van der Waals surface area contributed by atoms with Gasteiger partial charge in [0.15, 0.2) is 0 Å². The monoisotopic (exact) mass is 175 g/mol. The molecule has 11 heavy (non-hydrogen) atoms. The summed E-state index contributed by atoms with van der Waals surface area (Å²) < 4.78 is 0. The Morgan fingerprint density at radius 2 is 1.82 bits per heavy atom. The van der Waals surface area contributed by atoms with Gasteiger partial charge in [-0.3, -0.25) is 0 Å². The van der Waals surface area contributed by atoms with Crippen molar-refractivity contribution in [2.24, 2.45) is 5.90 Å². The fourth-order valence-corrected chi connectivity index (χ4v) is 0.676. The molecule has 0 amide bonds. The number of hydrogen-bond acceptors (Lipinski definition) is 3. The Labute approximate surface area is 71.4 Å². The number of halogens is 1. The molecule has 1 rings (SSSR count). The van der Waals surface area contributed by atoms with E-state index in [9.17, 15) is 0 Å². The SMILES string of the molecule is Cl.NOOCc1ccccc1. The van der Waals surface area contributed by atoms with Crippen LogP contribution in [0.3, 0.4) is 0 Å². The lowest BCUT2D eigenvalue weighted by Crippen LogP contribution is -2.00. The molecule has 3 nitrogen and oxygen atoms in total. The van der Waals surface area contributed by atoms with E-state index in [0.717, 1.165) is 5.56 Å². The highest BCUT2D eigenvalue weighted by molar-refractivity contribution is 5.85. The minimum atomic E-state index is 0. The molecule has 62 valence electrons. The van der Waals surface area contributed by atoms with Gasteiger partial charge in [-0.2, -0.15) is 5.90 Å². The zero-order valence-corrected chi connectivity index (χ0v) is 6.71. The summed E-state index contributed by atoms with van der Waals surface area (Å²) in [5.41, 5.74) is 1.04. The van der Waals surface area contributed by atoms with E-state index in [4.69, 9.17) is 0 Å². The van der Waals surface area contributed by atoms with Gasteiger partial charge < -0.3 is 0 Å². The molecule has 0 aliphatic rings. The number of benzene rings is 1. The quantitative estimate of drug-likeness (QED) is 0.559. The van der Waals surface area contributed by atoms with Crippen LogP contribution < -0.4 is 5.90 Å². The maximum atomic E-state index is 4.65. The normalized spacial score (nSPS) is 8.82. The molecule has 0 heterocycles. The van der Waals surface area contributed by atoms with Crippen molar-refractivity contribution in [2.45, 2.75) is 6.61 Å². The van der Waals surface area contributed by atoms with Crippen LogP contribution >= 0.6 is 12.4 Å². The van der Waals surface area contributed by atoms with Gasteiger partial charge in [0.2, 0.25) is 0 Å². The Morgan fingerprint density at radius 1 is 1.18 bits per heavy atom. The van der Waals surface area contributed by atoms with Crippen LogP contribution in [-0.2, 0) is 16.5 Å². The first-order chi connectivity index (χ1) is 4.93. The predicted molar refractivity (Wildman–Crippen MR) is 43.8 cm³/mol. The van der Waals surface area contributed by atoms with Crippen molar-refractivity contribution in [3.05, 3.63) is 35.9 Å². The van der Waals surface area contributed by atoms with Crippen molar-refractivity contribution in [3.8, 4) is 0 Å². The molecule has 0 bridgehead atoms. The summed E-state index contributed by atoms with van der Waals surface area (Å²) in [5.74, 6) is 4.65. The molecule has 0 aliphatic carbocycles. The topological polar surface area (TPSA) is 44.5 Å². The molecule has 0 atom stereocenters. The summed E-state index contributed by atoms with van der Waals surface area (Å²) in [7, 11) is 0. The summed E-state index contributed by atoms with van der Waals surface area (Å²) in [5, 5.41) is 0. The Hall–Kier alpha value is -0.610. The average Bonchev–Trinajstić information content (AvgIpc) is 2.03. The van der Waals surface area contributed by atoms with Gasteiger partial charge >= 0.3 is 0 Å². The van der Waals surface area contributed by atoms with Crippen LogP contribution in [-0.4, -0.2) is 0 Å². The second kappa shape index (κ2) is 6.12. The molecule has 1 aromatic carbocycles. The summed E-state index contributed by atoms with van der Waals surface area (Å²) in [6, 6.07) is 9.65. The molecule has 0 fully saturated rings. The van der Waals surface area contributed by atoms with E-state index in [1.807, 2.05) is 30.3 Å². The van der Waals surface area contributed by atoms with Crippen LogP contribution in [0.1, 0.15) is 5.56 Å². The molecule has 0 saturated heterocycles. The van der Waals surface area contributed by atoms with Crippen LogP contribution in [0.25, 0.3) is 0 Å². The van der Waals surface area contributed by atoms with Crippen LogP contribution in [0, 0.1) is 0 Å². The molecule has 0 spiro atoms. The lowest BCUT2D eigenvalue weighted by atomic mass is 10.2. The van der Waals surface area contributed by atoms with E-state index in [1.54, 1.807) is 0 Å². The molecular formula is C7H10ClNO2. The molecule has 0 saturated carbocycles. The minimum Gasteiger partial charge on any atom is -0.214 e. The number of nitrogens with two attached hydrogens (primary N) is 1. The number of hydrogen-bond donors (Lipinski definition) is 1. The maximum Gasteiger partial charge on any atom is 0.109 e. The van der Waals surface area contributed by atoms with E-state index >= 15 is 0 Å². The first kappa shape index (κ1) is 10.4. The summed E-state index contributed by atoms with van der Waals surface area (Å²) in [6.07, 6.45) is 0. The minimum absolute atomic E-state index is 0. The van der Waals surface area contributed by atoms with E-state index in [2.05, 4.69) is 15.8 Å². The zero-order valence-electron chi connectivity index (χ0n) is 5.90. The van der Waals surface area contributed by atoms with Crippen LogP contribution in [0.2, 0.25) is 0 Å². The lowest BCUT2D eigenvalue weighted by Gasteiger charge is -1.97. The van der Waals surface area contributed by atoms with Gasteiger partial charge in [0.1, 0.15) is 6.61 Å². The van der Waals surface area contributed by atoms with E-state index in [1.165, 1.54) is 0 Å². The standard InChI is InChI=1S/C7H9NO2.ClH/c8-10-9-6-7-4-2-1-3-5-7;/h1-5H,6,8H2;1H. The van der Waals surface area contributed by atoms with Gasteiger partial charge in [0.25, 0.3) is 0 Å². The van der Waals surface area contributed by atoms with Gasteiger partial charge in [0.05, 0.1) is 0 Å². The molecule has 4 heteroatoms. The highest BCUT2D eigenvalue weighted by Crippen LogP contribution is 1.98. The Balaban J connectivity index is 0.000001000. The molecule has 0 aromatic heterocycles. The smallest absolute Gasteiger partial charge is 0.109 e. The molecule has 1 aromatic rings. The lowest BCUT2D eigenvalue weighted by molar-refractivity contribution is -0.308. The Morgan fingerprint density at radius 3 is 2.36 bits per heavy atom. The van der Waals surface area contributed by atoms with Gasteiger partial charge in [-0.15, -0.1) is 17.4 Å². The third-order valence-electron chi connectivity index (χ3n) is 1.14. The second-order valence-corrected chi connectivity index (χ2v) is 1.84. The fraction of sp³-hybridized carbons (Fsp3) is 0.143. The van der Waals surface area contributed by atoms with E-state index in [-0.39, 0.29) is 12.4 Å². The molecule has 0 radical (unpaired) electrons. The average molecular weight is 176 g/mol. The van der Waals surface area contributed by atoms with Gasteiger partial charge in [0, 0.05) is 0 Å². The molecule has 0 aliphatic heterocycles. The highest BCUT2D eigenvalue weighted by atomic mass is 35.5. The second-order valence-electron chi connectivity index (χ2n) is 1.84. The first-order valence-electron chi connectivity index (χ1n) is 2.96. The highest BCUT2D eigenvalue weighted by Gasteiger charge is 1.88. The summed E-state index contributed by atoms with van der Waals surface area (Å²) in [4.78, 5) is 8.44. The Kier molecular flexibility index (Phi) is 5.78. The van der Waals surface area contributed by atoms with Crippen LogP contribution in [0.4, 0.5) is 0 Å². The van der Waals surface area contributed by atoms with Crippen molar-refractivity contribution in [1.82, 2.24) is 0 Å². The third kappa shape index (κ3) is 3.95. The molecule has 2 N–H and O–H groups in total. The van der Waals surface area contributed by atoms with Crippen molar-refractivity contribution in [2.75, 3.05) is 0 Å². The van der Waals surface area contributed by atoms with Crippen LogP contribution in [0.15, 0.2) is 30.3 Å². The van der Waals surface area contributed by atoms with Crippen LogP contribution in [0.5, 0.6) is 0 Å². The molecule has 0 unspecified atom stereocenters. The van der Waals surface area contributed by atoms with E-state index in [0.29, 0.717) is 6.61 Å². The van der Waals surface area contributed by atoms with Crippen molar-refractivity contribution in [1.29, 1.82) is 0 Å². The first-order valence-corrected chi connectivity index (χ1v) is 2.96. The largest absolute Gasteiger partial charge is 0.214 e. The van der Waals surface area contributed by atoms with Crippen molar-refractivity contribution < 1.29 is 9.88 Å². The van der Waals surface area contributed by atoms with Gasteiger partial charge in [-0.05, 0) is 5.56 Å².